The van der Waals surface area contributed by atoms with Crippen LogP contribution in [0.2, 0.25) is 0 Å². The van der Waals surface area contributed by atoms with Gasteiger partial charge in [0.1, 0.15) is 12.3 Å². The van der Waals surface area contributed by atoms with Gasteiger partial charge in [-0.2, -0.15) is 4.80 Å². The van der Waals surface area contributed by atoms with Crippen LogP contribution in [0.3, 0.4) is 0 Å². The zero-order chi connectivity index (χ0) is 23.9. The van der Waals surface area contributed by atoms with Gasteiger partial charge < -0.3 is 15.0 Å². The van der Waals surface area contributed by atoms with Gasteiger partial charge >= 0.3 is 0 Å². The van der Waals surface area contributed by atoms with Crippen LogP contribution in [0.25, 0.3) is 0 Å². The second-order valence-corrected chi connectivity index (χ2v) is 8.31. The van der Waals surface area contributed by atoms with Gasteiger partial charge in [-0.1, -0.05) is 36.4 Å². The van der Waals surface area contributed by atoms with Gasteiger partial charge in [0.25, 0.3) is 0 Å². The van der Waals surface area contributed by atoms with Crippen molar-refractivity contribution in [1.82, 2.24) is 30.0 Å². The highest BCUT2D eigenvalue weighted by Gasteiger charge is 2.23. The van der Waals surface area contributed by atoms with Crippen molar-refractivity contribution in [2.45, 2.75) is 27.0 Å². The molecular formula is C24H29N7O3. The molecule has 1 aromatic heterocycles. The Morgan fingerprint density at radius 1 is 0.941 bits per heavy atom. The number of piperazine rings is 1. The van der Waals surface area contributed by atoms with E-state index in [9.17, 15) is 9.59 Å². The molecule has 2 amide bonds. The van der Waals surface area contributed by atoms with Crippen LogP contribution in [0, 0.1) is 13.8 Å². The molecule has 1 N–H and O–H groups in total. The Balaban J connectivity index is 1.20. The summed E-state index contributed by atoms with van der Waals surface area (Å²) in [6, 6.07) is 15.3. The van der Waals surface area contributed by atoms with Gasteiger partial charge in [0.2, 0.25) is 17.6 Å². The molecule has 1 saturated heterocycles. The number of aryl methyl sites for hydroxylation is 2. The first-order valence-electron chi connectivity index (χ1n) is 11.3. The SMILES string of the molecule is Cc1cccc(C)c1NC(=O)CN1CCN(C(=O)Cn2nnc(COc3ccccc3)n2)CC1. The molecule has 0 bridgehead atoms. The number of aromatic nitrogens is 4. The van der Waals surface area contributed by atoms with Gasteiger partial charge in [-0.3, -0.25) is 14.5 Å². The van der Waals surface area contributed by atoms with Crippen molar-refractivity contribution in [2.75, 3.05) is 38.0 Å². The van der Waals surface area contributed by atoms with E-state index in [0.29, 0.717) is 38.5 Å². The number of nitrogens with zero attached hydrogens (tertiary/aromatic N) is 6. The van der Waals surface area contributed by atoms with E-state index in [0.717, 1.165) is 22.6 Å². The average molecular weight is 464 g/mol. The summed E-state index contributed by atoms with van der Waals surface area (Å²) in [4.78, 5) is 30.3. The Kier molecular flexibility index (Phi) is 7.48. The van der Waals surface area contributed by atoms with E-state index in [-0.39, 0.29) is 25.0 Å². The highest BCUT2D eigenvalue weighted by molar-refractivity contribution is 5.93. The number of anilines is 1. The minimum Gasteiger partial charge on any atom is -0.485 e. The Bertz CT molecular complexity index is 1100. The lowest BCUT2D eigenvalue weighted by atomic mass is 10.1. The summed E-state index contributed by atoms with van der Waals surface area (Å²) in [5.41, 5.74) is 2.95. The first-order chi connectivity index (χ1) is 16.5. The Morgan fingerprint density at radius 3 is 2.35 bits per heavy atom. The fourth-order valence-electron chi connectivity index (χ4n) is 3.84. The van der Waals surface area contributed by atoms with Crippen molar-refractivity contribution in [3.05, 3.63) is 65.5 Å². The van der Waals surface area contributed by atoms with Crippen LogP contribution in [-0.4, -0.2) is 74.5 Å². The molecule has 0 aliphatic carbocycles. The Morgan fingerprint density at radius 2 is 1.65 bits per heavy atom. The summed E-state index contributed by atoms with van der Waals surface area (Å²) in [5, 5.41) is 15.2. The number of para-hydroxylation sites is 2. The first kappa shape index (κ1) is 23.4. The van der Waals surface area contributed by atoms with Crippen LogP contribution in [0.1, 0.15) is 17.0 Å². The summed E-state index contributed by atoms with van der Waals surface area (Å²) < 4.78 is 5.61. The third-order valence-electron chi connectivity index (χ3n) is 5.72. The Labute approximate surface area is 198 Å². The van der Waals surface area contributed by atoms with Gasteiger partial charge in [-0.05, 0) is 42.3 Å². The summed E-state index contributed by atoms with van der Waals surface area (Å²) >= 11 is 0. The highest BCUT2D eigenvalue weighted by Crippen LogP contribution is 2.19. The molecule has 0 saturated carbocycles. The van der Waals surface area contributed by atoms with Gasteiger partial charge in [-0.25, -0.2) is 0 Å². The summed E-state index contributed by atoms with van der Waals surface area (Å²) in [7, 11) is 0. The summed E-state index contributed by atoms with van der Waals surface area (Å²) in [6.45, 7) is 6.83. The molecule has 0 atom stereocenters. The van der Waals surface area contributed by atoms with Crippen molar-refractivity contribution >= 4 is 17.5 Å². The van der Waals surface area contributed by atoms with Crippen molar-refractivity contribution in [1.29, 1.82) is 0 Å². The summed E-state index contributed by atoms with van der Waals surface area (Å²) in [5.74, 6) is 1.01. The third-order valence-corrected chi connectivity index (χ3v) is 5.72. The van der Waals surface area contributed by atoms with Crippen molar-refractivity contribution in [2.24, 2.45) is 0 Å². The number of hydrogen-bond acceptors (Lipinski definition) is 7. The molecule has 4 rings (SSSR count). The lowest BCUT2D eigenvalue weighted by Crippen LogP contribution is -2.51. The monoisotopic (exact) mass is 463 g/mol. The van der Waals surface area contributed by atoms with Gasteiger partial charge in [0.15, 0.2) is 6.61 Å². The number of ether oxygens (including phenoxy) is 1. The number of amides is 2. The van der Waals surface area contributed by atoms with E-state index < -0.39 is 0 Å². The fourth-order valence-corrected chi connectivity index (χ4v) is 3.84. The maximum Gasteiger partial charge on any atom is 0.246 e. The minimum absolute atomic E-state index is 0.0192. The number of carbonyl (C=O) groups excluding carboxylic acids is 2. The minimum atomic E-state index is -0.0763. The highest BCUT2D eigenvalue weighted by atomic mass is 16.5. The normalized spacial score (nSPS) is 14.1. The number of rotatable bonds is 8. The quantitative estimate of drug-likeness (QED) is 0.542. The molecule has 1 aliphatic heterocycles. The zero-order valence-corrected chi connectivity index (χ0v) is 19.5. The van der Waals surface area contributed by atoms with E-state index in [2.05, 4.69) is 25.6 Å². The molecule has 1 fully saturated rings. The predicted octanol–water partition coefficient (Wildman–Crippen LogP) is 1.65. The van der Waals surface area contributed by atoms with Gasteiger partial charge in [-0.15, -0.1) is 10.2 Å². The maximum absolute atomic E-state index is 12.7. The maximum atomic E-state index is 12.7. The van der Waals surface area contributed by atoms with Gasteiger partial charge in [0.05, 0.1) is 6.54 Å². The number of nitrogens with one attached hydrogen (secondary N) is 1. The van der Waals surface area contributed by atoms with Crippen LogP contribution in [0.15, 0.2) is 48.5 Å². The second kappa shape index (κ2) is 10.9. The third kappa shape index (κ3) is 6.16. The molecule has 2 aromatic carbocycles. The van der Waals surface area contributed by atoms with Crippen LogP contribution in [0.4, 0.5) is 5.69 Å². The predicted molar refractivity (Wildman–Crippen MR) is 126 cm³/mol. The molecule has 34 heavy (non-hydrogen) atoms. The second-order valence-electron chi connectivity index (χ2n) is 8.31. The summed E-state index contributed by atoms with van der Waals surface area (Å²) in [6.07, 6.45) is 0. The fraction of sp³-hybridized carbons (Fsp3) is 0.375. The van der Waals surface area contributed by atoms with E-state index in [1.807, 2.05) is 62.4 Å². The number of benzene rings is 2. The van der Waals surface area contributed by atoms with Crippen LogP contribution >= 0.6 is 0 Å². The number of carbonyl (C=O) groups is 2. The molecule has 0 radical (unpaired) electrons. The molecule has 3 aromatic rings. The topological polar surface area (TPSA) is 105 Å². The van der Waals surface area contributed by atoms with E-state index in [1.54, 1.807) is 4.90 Å². The lowest BCUT2D eigenvalue weighted by molar-refractivity contribution is -0.134. The molecule has 10 heteroatoms. The Hall–Kier alpha value is -3.79. The van der Waals surface area contributed by atoms with E-state index in [1.165, 1.54) is 4.80 Å². The van der Waals surface area contributed by atoms with Gasteiger partial charge in [0, 0.05) is 31.9 Å². The number of tetrazole rings is 1. The van der Waals surface area contributed by atoms with Crippen molar-refractivity contribution in [3.63, 3.8) is 0 Å². The molecule has 2 heterocycles. The molecule has 0 unspecified atom stereocenters. The van der Waals surface area contributed by atoms with E-state index in [4.69, 9.17) is 4.74 Å². The average Bonchev–Trinajstić information content (AvgIpc) is 3.28. The molecule has 178 valence electrons. The lowest BCUT2D eigenvalue weighted by Gasteiger charge is -2.34. The van der Waals surface area contributed by atoms with Crippen LogP contribution < -0.4 is 10.1 Å². The molecule has 0 spiro atoms. The molecule has 1 aliphatic rings. The molecule has 10 nitrogen and oxygen atoms in total. The van der Waals surface area contributed by atoms with Crippen LogP contribution in [0.5, 0.6) is 5.75 Å². The first-order valence-corrected chi connectivity index (χ1v) is 11.3. The van der Waals surface area contributed by atoms with Crippen molar-refractivity contribution < 1.29 is 14.3 Å². The van der Waals surface area contributed by atoms with Crippen LogP contribution in [-0.2, 0) is 22.7 Å². The van der Waals surface area contributed by atoms with E-state index >= 15 is 0 Å². The zero-order valence-electron chi connectivity index (χ0n) is 19.5. The van der Waals surface area contributed by atoms with Crippen molar-refractivity contribution in [3.8, 4) is 5.75 Å². The smallest absolute Gasteiger partial charge is 0.246 e. The molecular weight excluding hydrogens is 434 g/mol. The standard InChI is InChI=1S/C24H29N7O3/c1-18-7-6-8-19(2)24(18)25-22(32)15-29-11-13-30(14-12-29)23(33)16-31-27-21(26-28-31)17-34-20-9-4-3-5-10-20/h3-10H,11-17H2,1-2H3,(H,25,32). The largest absolute Gasteiger partial charge is 0.485 e. The number of hydrogen-bond donors (Lipinski definition) is 1.